The number of nitrogens with one attached hydrogen (secondary N) is 1. The van der Waals surface area contributed by atoms with Gasteiger partial charge in [-0.1, -0.05) is 12.1 Å². The quantitative estimate of drug-likeness (QED) is 0.774. The Hall–Kier alpha value is -3.22. The first kappa shape index (κ1) is 16.3. The van der Waals surface area contributed by atoms with Crippen molar-refractivity contribution in [3.8, 4) is 5.69 Å². The molecule has 1 aromatic heterocycles. The van der Waals surface area contributed by atoms with Crippen molar-refractivity contribution in [2.24, 2.45) is 0 Å². The standard InChI is InChI=1S/C19H16FN3O3/c20-12-5-9-14(10-6-12)23-18(25)15-3-1-2-4-16(15)22(19(23)26)11-17(24)21-13-7-8-13/h1-6,9-10,13H,7-8,11H2,(H,21,24). The minimum Gasteiger partial charge on any atom is -0.352 e. The second-order valence-electron chi connectivity index (χ2n) is 6.34. The number of carbonyl (C=O) groups is 1. The summed E-state index contributed by atoms with van der Waals surface area (Å²) in [5.41, 5.74) is -0.488. The lowest BCUT2D eigenvalue weighted by Gasteiger charge is -2.14. The number of benzene rings is 2. The first-order chi connectivity index (χ1) is 12.5. The zero-order valence-corrected chi connectivity index (χ0v) is 13.8. The third-order valence-corrected chi connectivity index (χ3v) is 4.38. The van der Waals surface area contributed by atoms with Gasteiger partial charge in [-0.3, -0.25) is 14.2 Å². The Labute approximate surface area is 147 Å². The molecule has 0 spiro atoms. The lowest BCUT2D eigenvalue weighted by Crippen LogP contribution is -2.42. The molecule has 3 aromatic rings. The van der Waals surface area contributed by atoms with Crippen LogP contribution in [0.2, 0.25) is 0 Å². The van der Waals surface area contributed by atoms with E-state index in [-0.39, 0.29) is 24.2 Å². The van der Waals surface area contributed by atoms with Crippen LogP contribution in [-0.4, -0.2) is 21.1 Å². The van der Waals surface area contributed by atoms with Crippen molar-refractivity contribution < 1.29 is 9.18 Å². The summed E-state index contributed by atoms with van der Waals surface area (Å²) < 4.78 is 15.5. The molecular weight excluding hydrogens is 337 g/mol. The lowest BCUT2D eigenvalue weighted by molar-refractivity contribution is -0.121. The largest absolute Gasteiger partial charge is 0.352 e. The predicted molar refractivity (Wildman–Crippen MR) is 94.9 cm³/mol. The number of rotatable bonds is 4. The molecule has 7 heteroatoms. The van der Waals surface area contributed by atoms with Gasteiger partial charge >= 0.3 is 5.69 Å². The Bertz CT molecular complexity index is 1110. The summed E-state index contributed by atoms with van der Waals surface area (Å²) in [6.45, 7) is -0.183. The maximum Gasteiger partial charge on any atom is 0.336 e. The highest BCUT2D eigenvalue weighted by Crippen LogP contribution is 2.18. The lowest BCUT2D eigenvalue weighted by atomic mass is 10.2. The third kappa shape index (κ3) is 2.92. The van der Waals surface area contributed by atoms with Crippen molar-refractivity contribution in [1.82, 2.24) is 14.5 Å². The second kappa shape index (κ2) is 6.25. The molecule has 0 unspecified atom stereocenters. The van der Waals surface area contributed by atoms with Crippen molar-refractivity contribution in [1.29, 1.82) is 0 Å². The first-order valence-electron chi connectivity index (χ1n) is 8.34. The summed E-state index contributed by atoms with van der Waals surface area (Å²) in [6, 6.07) is 11.9. The van der Waals surface area contributed by atoms with E-state index in [1.807, 2.05) is 0 Å². The van der Waals surface area contributed by atoms with Gasteiger partial charge in [-0.05, 0) is 49.2 Å². The molecule has 6 nitrogen and oxygen atoms in total. The number of aromatic nitrogens is 2. The summed E-state index contributed by atoms with van der Waals surface area (Å²) in [5.74, 6) is -0.740. The Morgan fingerprint density at radius 3 is 2.46 bits per heavy atom. The Balaban J connectivity index is 1.91. The van der Waals surface area contributed by atoms with Crippen LogP contribution in [0.25, 0.3) is 16.6 Å². The average molecular weight is 353 g/mol. The average Bonchev–Trinajstić information content (AvgIpc) is 3.44. The fourth-order valence-corrected chi connectivity index (χ4v) is 2.94. The van der Waals surface area contributed by atoms with Gasteiger partial charge in [-0.15, -0.1) is 0 Å². The molecule has 2 aromatic carbocycles. The number of hydrogen-bond acceptors (Lipinski definition) is 3. The van der Waals surface area contributed by atoms with Crippen LogP contribution in [0.4, 0.5) is 4.39 Å². The van der Waals surface area contributed by atoms with Gasteiger partial charge in [-0.2, -0.15) is 0 Å². The van der Waals surface area contributed by atoms with Crippen LogP contribution >= 0.6 is 0 Å². The molecule has 1 aliphatic rings. The van der Waals surface area contributed by atoms with E-state index in [9.17, 15) is 18.8 Å². The van der Waals surface area contributed by atoms with Crippen molar-refractivity contribution in [2.75, 3.05) is 0 Å². The van der Waals surface area contributed by atoms with Gasteiger partial charge in [0.15, 0.2) is 0 Å². The Kier molecular flexibility index (Phi) is 3.91. The molecule has 1 fully saturated rings. The molecule has 132 valence electrons. The number of carbonyl (C=O) groups excluding carboxylic acids is 1. The number of fused-ring (bicyclic) bond motifs is 1. The van der Waals surface area contributed by atoms with Crippen LogP contribution in [0.1, 0.15) is 12.8 Å². The predicted octanol–water partition coefficient (Wildman–Crippen LogP) is 1.57. The maximum absolute atomic E-state index is 13.2. The highest BCUT2D eigenvalue weighted by molar-refractivity contribution is 5.82. The highest BCUT2D eigenvalue weighted by Gasteiger charge is 2.24. The second-order valence-corrected chi connectivity index (χ2v) is 6.34. The van der Waals surface area contributed by atoms with E-state index >= 15 is 0 Å². The van der Waals surface area contributed by atoms with E-state index < -0.39 is 17.1 Å². The molecule has 0 radical (unpaired) electrons. The summed E-state index contributed by atoms with van der Waals surface area (Å²) in [6.07, 6.45) is 1.88. The number of para-hydroxylation sites is 1. The molecule has 0 bridgehead atoms. The zero-order chi connectivity index (χ0) is 18.3. The fourth-order valence-electron chi connectivity index (χ4n) is 2.94. The van der Waals surface area contributed by atoms with E-state index in [0.29, 0.717) is 10.9 Å². The van der Waals surface area contributed by atoms with Crippen LogP contribution < -0.4 is 16.6 Å². The van der Waals surface area contributed by atoms with Crippen LogP contribution in [-0.2, 0) is 11.3 Å². The van der Waals surface area contributed by atoms with Gasteiger partial charge < -0.3 is 5.32 Å². The third-order valence-electron chi connectivity index (χ3n) is 4.38. The Morgan fingerprint density at radius 2 is 1.77 bits per heavy atom. The molecule has 1 N–H and O–H groups in total. The minimum atomic E-state index is -0.633. The number of halogens is 1. The molecule has 1 saturated carbocycles. The number of nitrogens with zero attached hydrogens (tertiary/aromatic N) is 2. The smallest absolute Gasteiger partial charge is 0.336 e. The van der Waals surface area contributed by atoms with Gasteiger partial charge in [0.25, 0.3) is 5.56 Å². The van der Waals surface area contributed by atoms with Gasteiger partial charge in [-0.25, -0.2) is 13.8 Å². The molecule has 1 heterocycles. The Morgan fingerprint density at radius 1 is 1.08 bits per heavy atom. The summed E-state index contributed by atoms with van der Waals surface area (Å²) in [7, 11) is 0. The van der Waals surface area contributed by atoms with Crippen molar-refractivity contribution in [3.05, 3.63) is 75.2 Å². The van der Waals surface area contributed by atoms with Crippen LogP contribution in [0.15, 0.2) is 58.1 Å². The molecule has 26 heavy (non-hydrogen) atoms. The summed E-state index contributed by atoms with van der Waals surface area (Å²) in [4.78, 5) is 38.0. The van der Waals surface area contributed by atoms with E-state index in [1.165, 1.54) is 28.8 Å². The van der Waals surface area contributed by atoms with Crippen LogP contribution in [0, 0.1) is 5.82 Å². The number of hydrogen-bond donors (Lipinski definition) is 1. The van der Waals surface area contributed by atoms with E-state index in [4.69, 9.17) is 0 Å². The molecule has 1 aliphatic carbocycles. The normalized spacial score (nSPS) is 13.7. The first-order valence-corrected chi connectivity index (χ1v) is 8.34. The van der Waals surface area contributed by atoms with Crippen molar-refractivity contribution in [2.45, 2.75) is 25.4 Å². The van der Waals surface area contributed by atoms with E-state index in [0.717, 1.165) is 17.4 Å². The molecule has 0 atom stereocenters. The van der Waals surface area contributed by atoms with Crippen molar-refractivity contribution >= 4 is 16.8 Å². The molecular formula is C19H16FN3O3. The topological polar surface area (TPSA) is 73.1 Å². The fraction of sp³-hybridized carbons (Fsp3) is 0.211. The monoisotopic (exact) mass is 353 g/mol. The van der Waals surface area contributed by atoms with Gasteiger partial charge in [0, 0.05) is 6.04 Å². The summed E-state index contributed by atoms with van der Waals surface area (Å²) in [5, 5.41) is 3.16. The van der Waals surface area contributed by atoms with E-state index in [2.05, 4.69) is 5.32 Å². The summed E-state index contributed by atoms with van der Waals surface area (Å²) >= 11 is 0. The molecule has 0 aliphatic heterocycles. The van der Waals surface area contributed by atoms with Crippen LogP contribution in [0.5, 0.6) is 0 Å². The van der Waals surface area contributed by atoms with Gasteiger partial charge in [0.1, 0.15) is 12.4 Å². The minimum absolute atomic E-state index is 0.174. The highest BCUT2D eigenvalue weighted by atomic mass is 19.1. The van der Waals surface area contributed by atoms with Gasteiger partial charge in [0.2, 0.25) is 5.91 Å². The van der Waals surface area contributed by atoms with Crippen LogP contribution in [0.3, 0.4) is 0 Å². The molecule has 4 rings (SSSR count). The molecule has 0 saturated heterocycles. The molecule has 1 amide bonds. The van der Waals surface area contributed by atoms with Crippen molar-refractivity contribution in [3.63, 3.8) is 0 Å². The maximum atomic E-state index is 13.2. The van der Waals surface area contributed by atoms with Gasteiger partial charge in [0.05, 0.1) is 16.6 Å². The van der Waals surface area contributed by atoms with E-state index in [1.54, 1.807) is 24.3 Å². The zero-order valence-electron chi connectivity index (χ0n) is 13.8. The SMILES string of the molecule is O=C(Cn1c(=O)n(-c2ccc(F)cc2)c(=O)c2ccccc21)NC1CC1. The number of amides is 1.